The van der Waals surface area contributed by atoms with Gasteiger partial charge in [-0.15, -0.1) is 5.10 Å². The van der Waals surface area contributed by atoms with Crippen LogP contribution in [0.1, 0.15) is 16.8 Å². The number of hydrogen-bond donors (Lipinski definition) is 2. The van der Waals surface area contributed by atoms with Gasteiger partial charge in [-0.25, -0.2) is 4.68 Å². The molecule has 0 saturated heterocycles. The number of aryl methyl sites for hydroxylation is 2. The van der Waals surface area contributed by atoms with E-state index in [1.165, 1.54) is 11.1 Å². The van der Waals surface area contributed by atoms with Gasteiger partial charge in [0.15, 0.2) is 0 Å². The molecule has 96 valence electrons. The number of nitrogens with one attached hydrogen (secondary N) is 1. The van der Waals surface area contributed by atoms with Gasteiger partial charge in [0.25, 0.3) is 0 Å². The highest BCUT2D eigenvalue weighted by atomic mass is 16.3. The van der Waals surface area contributed by atoms with Gasteiger partial charge in [-0.05, 0) is 25.5 Å². The summed E-state index contributed by atoms with van der Waals surface area (Å²) in [5.41, 5.74) is 4.45. The summed E-state index contributed by atoms with van der Waals surface area (Å²) in [4.78, 5) is 0. The van der Waals surface area contributed by atoms with Crippen molar-refractivity contribution in [1.82, 2.24) is 15.0 Å². The minimum Gasteiger partial charge on any atom is -0.394 e. The SMILES string of the molecule is Cc1ccc(NCc2cn(CCO)nn2)c(C)c1. The first-order valence-corrected chi connectivity index (χ1v) is 6.00. The summed E-state index contributed by atoms with van der Waals surface area (Å²) in [6, 6.07) is 6.30. The van der Waals surface area contributed by atoms with Gasteiger partial charge < -0.3 is 10.4 Å². The molecule has 0 radical (unpaired) electrons. The third-order valence-corrected chi connectivity index (χ3v) is 2.76. The molecule has 5 heteroatoms. The first-order valence-electron chi connectivity index (χ1n) is 6.00. The normalized spacial score (nSPS) is 10.6. The van der Waals surface area contributed by atoms with E-state index in [4.69, 9.17) is 5.11 Å². The number of rotatable bonds is 5. The van der Waals surface area contributed by atoms with Crippen LogP contribution in [-0.2, 0) is 13.1 Å². The first-order chi connectivity index (χ1) is 8.69. The zero-order valence-corrected chi connectivity index (χ0v) is 10.7. The van der Waals surface area contributed by atoms with Crippen LogP contribution >= 0.6 is 0 Å². The predicted molar refractivity (Wildman–Crippen MR) is 70.4 cm³/mol. The Morgan fingerprint density at radius 2 is 2.17 bits per heavy atom. The van der Waals surface area contributed by atoms with Gasteiger partial charge in [0, 0.05) is 5.69 Å². The van der Waals surface area contributed by atoms with Crippen LogP contribution in [0.5, 0.6) is 0 Å². The maximum Gasteiger partial charge on any atom is 0.102 e. The van der Waals surface area contributed by atoms with Crippen molar-refractivity contribution in [2.24, 2.45) is 0 Å². The molecule has 1 aromatic heterocycles. The standard InChI is InChI=1S/C13H18N4O/c1-10-3-4-13(11(2)7-10)14-8-12-9-17(5-6-18)16-15-12/h3-4,7,9,14,18H,5-6,8H2,1-2H3. The van der Waals surface area contributed by atoms with E-state index in [2.05, 4.69) is 47.7 Å². The summed E-state index contributed by atoms with van der Waals surface area (Å²) in [6.07, 6.45) is 1.84. The lowest BCUT2D eigenvalue weighted by Gasteiger charge is -2.08. The quantitative estimate of drug-likeness (QED) is 0.839. The van der Waals surface area contributed by atoms with Crippen molar-refractivity contribution >= 4 is 5.69 Å². The second-order valence-corrected chi connectivity index (χ2v) is 4.37. The van der Waals surface area contributed by atoms with E-state index < -0.39 is 0 Å². The predicted octanol–water partition coefficient (Wildman–Crippen LogP) is 1.50. The molecular weight excluding hydrogens is 228 g/mol. The van der Waals surface area contributed by atoms with Crippen LogP contribution in [0.25, 0.3) is 0 Å². The summed E-state index contributed by atoms with van der Waals surface area (Å²) < 4.78 is 1.64. The van der Waals surface area contributed by atoms with Crippen LogP contribution in [0.2, 0.25) is 0 Å². The highest BCUT2D eigenvalue weighted by Crippen LogP contribution is 2.16. The molecule has 1 heterocycles. The van der Waals surface area contributed by atoms with E-state index in [-0.39, 0.29) is 6.61 Å². The fraction of sp³-hybridized carbons (Fsp3) is 0.385. The van der Waals surface area contributed by atoms with Gasteiger partial charge in [-0.2, -0.15) is 0 Å². The molecular formula is C13H18N4O. The van der Waals surface area contributed by atoms with Crippen molar-refractivity contribution in [3.8, 4) is 0 Å². The molecule has 0 amide bonds. The zero-order valence-electron chi connectivity index (χ0n) is 10.7. The number of aliphatic hydroxyl groups is 1. The molecule has 2 aromatic rings. The summed E-state index contributed by atoms with van der Waals surface area (Å²) in [5.74, 6) is 0. The monoisotopic (exact) mass is 246 g/mol. The first kappa shape index (κ1) is 12.6. The Hall–Kier alpha value is -1.88. The van der Waals surface area contributed by atoms with Crippen molar-refractivity contribution < 1.29 is 5.11 Å². The second-order valence-electron chi connectivity index (χ2n) is 4.37. The van der Waals surface area contributed by atoms with E-state index in [1.807, 2.05) is 6.20 Å². The average Bonchev–Trinajstić information content (AvgIpc) is 2.76. The lowest BCUT2D eigenvalue weighted by Crippen LogP contribution is -2.02. The molecule has 0 aliphatic rings. The topological polar surface area (TPSA) is 63.0 Å². The van der Waals surface area contributed by atoms with Gasteiger partial charge in [0.2, 0.25) is 0 Å². The number of benzene rings is 1. The van der Waals surface area contributed by atoms with E-state index in [0.717, 1.165) is 11.4 Å². The maximum absolute atomic E-state index is 8.79. The molecule has 0 unspecified atom stereocenters. The Labute approximate surface area is 106 Å². The van der Waals surface area contributed by atoms with Crippen molar-refractivity contribution in [3.63, 3.8) is 0 Å². The van der Waals surface area contributed by atoms with Crippen molar-refractivity contribution in [3.05, 3.63) is 41.2 Å². The fourth-order valence-corrected chi connectivity index (χ4v) is 1.83. The number of aliphatic hydroxyl groups excluding tert-OH is 1. The van der Waals surface area contributed by atoms with Crippen LogP contribution in [0, 0.1) is 13.8 Å². The van der Waals surface area contributed by atoms with E-state index in [0.29, 0.717) is 13.1 Å². The van der Waals surface area contributed by atoms with Crippen LogP contribution in [0.3, 0.4) is 0 Å². The zero-order chi connectivity index (χ0) is 13.0. The Kier molecular flexibility index (Phi) is 3.94. The van der Waals surface area contributed by atoms with Crippen LogP contribution in [0.15, 0.2) is 24.4 Å². The summed E-state index contributed by atoms with van der Waals surface area (Å²) in [7, 11) is 0. The van der Waals surface area contributed by atoms with Gasteiger partial charge in [-0.1, -0.05) is 22.9 Å². The van der Waals surface area contributed by atoms with Gasteiger partial charge in [-0.3, -0.25) is 0 Å². The molecule has 0 spiro atoms. The van der Waals surface area contributed by atoms with E-state index in [1.54, 1.807) is 4.68 Å². The highest BCUT2D eigenvalue weighted by Gasteiger charge is 2.02. The molecule has 0 saturated carbocycles. The molecule has 0 fully saturated rings. The Bertz CT molecular complexity index is 521. The highest BCUT2D eigenvalue weighted by molar-refractivity contribution is 5.51. The van der Waals surface area contributed by atoms with Gasteiger partial charge in [0.1, 0.15) is 5.69 Å². The Morgan fingerprint density at radius 3 is 2.89 bits per heavy atom. The summed E-state index contributed by atoms with van der Waals surface area (Å²) >= 11 is 0. The summed E-state index contributed by atoms with van der Waals surface area (Å²) in [6.45, 7) is 5.36. The number of nitrogens with zero attached hydrogens (tertiary/aromatic N) is 3. The molecule has 1 aromatic carbocycles. The third kappa shape index (κ3) is 3.07. The van der Waals surface area contributed by atoms with E-state index >= 15 is 0 Å². The third-order valence-electron chi connectivity index (χ3n) is 2.76. The Balaban J connectivity index is 1.97. The molecule has 5 nitrogen and oxygen atoms in total. The van der Waals surface area contributed by atoms with Crippen molar-refractivity contribution in [2.75, 3.05) is 11.9 Å². The molecule has 0 aliphatic carbocycles. The van der Waals surface area contributed by atoms with Gasteiger partial charge in [0.05, 0.1) is 25.9 Å². The maximum atomic E-state index is 8.79. The molecule has 0 atom stereocenters. The minimum absolute atomic E-state index is 0.0767. The van der Waals surface area contributed by atoms with Gasteiger partial charge >= 0.3 is 0 Å². The fourth-order valence-electron chi connectivity index (χ4n) is 1.83. The molecule has 0 bridgehead atoms. The van der Waals surface area contributed by atoms with Crippen molar-refractivity contribution in [1.29, 1.82) is 0 Å². The van der Waals surface area contributed by atoms with E-state index in [9.17, 15) is 0 Å². The number of hydrogen-bond acceptors (Lipinski definition) is 4. The smallest absolute Gasteiger partial charge is 0.102 e. The van der Waals surface area contributed by atoms with Crippen molar-refractivity contribution in [2.45, 2.75) is 26.9 Å². The molecule has 0 aliphatic heterocycles. The van der Waals surface area contributed by atoms with Crippen LogP contribution in [0.4, 0.5) is 5.69 Å². The second kappa shape index (κ2) is 5.64. The molecule has 2 rings (SSSR count). The van der Waals surface area contributed by atoms with Crippen LogP contribution in [-0.4, -0.2) is 26.7 Å². The number of anilines is 1. The average molecular weight is 246 g/mol. The minimum atomic E-state index is 0.0767. The Morgan fingerprint density at radius 1 is 1.33 bits per heavy atom. The number of aromatic nitrogens is 3. The lowest BCUT2D eigenvalue weighted by atomic mass is 10.1. The van der Waals surface area contributed by atoms with Crippen LogP contribution < -0.4 is 5.32 Å². The molecule has 2 N–H and O–H groups in total. The largest absolute Gasteiger partial charge is 0.394 e. The lowest BCUT2D eigenvalue weighted by molar-refractivity contribution is 0.268. The molecule has 18 heavy (non-hydrogen) atoms. The summed E-state index contributed by atoms with van der Waals surface area (Å²) in [5, 5.41) is 20.1.